The minimum Gasteiger partial charge on any atom is -0.419 e. The molecule has 0 aliphatic heterocycles. The third-order valence-corrected chi connectivity index (χ3v) is 2.53. The highest BCUT2D eigenvalue weighted by Gasteiger charge is 2.06. The van der Waals surface area contributed by atoms with Crippen molar-refractivity contribution >= 4 is 0 Å². The quantitative estimate of drug-likeness (QED) is 0.727. The lowest BCUT2D eigenvalue weighted by atomic mass is 10.2. The predicted octanol–water partition coefficient (Wildman–Crippen LogP) is 1.60. The Morgan fingerprint density at radius 3 is 2.72 bits per heavy atom. The molecular weight excluding hydrogens is 230 g/mol. The highest BCUT2D eigenvalue weighted by atomic mass is 16.4. The van der Waals surface area contributed by atoms with Crippen molar-refractivity contribution in [1.29, 1.82) is 0 Å². The summed E-state index contributed by atoms with van der Waals surface area (Å²) in [4.78, 5) is 0. The molecule has 0 spiro atoms. The van der Waals surface area contributed by atoms with Gasteiger partial charge in [-0.3, -0.25) is 0 Å². The van der Waals surface area contributed by atoms with Crippen LogP contribution in [0.4, 0.5) is 0 Å². The van der Waals surface area contributed by atoms with Gasteiger partial charge in [-0.2, -0.15) is 0 Å². The minimum atomic E-state index is 0.237. The van der Waals surface area contributed by atoms with Crippen molar-refractivity contribution < 1.29 is 9.52 Å². The summed E-state index contributed by atoms with van der Waals surface area (Å²) in [6.45, 7) is 1.63. The lowest BCUT2D eigenvalue weighted by Crippen LogP contribution is -2.15. The number of rotatable bonds is 7. The fourth-order valence-corrected chi connectivity index (χ4v) is 1.58. The van der Waals surface area contributed by atoms with E-state index < -0.39 is 0 Å². The number of aliphatic hydroxyl groups excluding tert-OH is 1. The Kier molecular flexibility index (Phi) is 4.87. The van der Waals surface area contributed by atoms with E-state index in [1.165, 1.54) is 0 Å². The van der Waals surface area contributed by atoms with Gasteiger partial charge in [-0.1, -0.05) is 18.2 Å². The number of hydrogen-bond donors (Lipinski definition) is 2. The molecule has 1 aromatic carbocycles. The Balaban J connectivity index is 1.83. The van der Waals surface area contributed by atoms with Gasteiger partial charge in [0.15, 0.2) is 0 Å². The molecule has 0 aliphatic rings. The van der Waals surface area contributed by atoms with Crippen LogP contribution in [0.5, 0.6) is 0 Å². The van der Waals surface area contributed by atoms with E-state index in [1.54, 1.807) is 0 Å². The third-order valence-electron chi connectivity index (χ3n) is 2.53. The summed E-state index contributed by atoms with van der Waals surface area (Å²) in [6.07, 6.45) is 1.75. The molecule has 2 N–H and O–H groups in total. The van der Waals surface area contributed by atoms with Gasteiger partial charge in [0.2, 0.25) is 11.8 Å². The van der Waals surface area contributed by atoms with E-state index in [-0.39, 0.29) is 6.61 Å². The van der Waals surface area contributed by atoms with Crippen LogP contribution in [0.15, 0.2) is 34.7 Å². The molecule has 0 bridgehead atoms. The van der Waals surface area contributed by atoms with Gasteiger partial charge >= 0.3 is 0 Å². The normalized spacial score (nSPS) is 10.7. The lowest BCUT2D eigenvalue weighted by molar-refractivity contribution is 0.283. The van der Waals surface area contributed by atoms with E-state index >= 15 is 0 Å². The van der Waals surface area contributed by atoms with Crippen LogP contribution < -0.4 is 5.32 Å². The molecule has 96 valence electrons. The molecule has 5 nitrogen and oxygen atoms in total. The van der Waals surface area contributed by atoms with Gasteiger partial charge in [0.1, 0.15) is 0 Å². The molecule has 1 aromatic heterocycles. The first kappa shape index (κ1) is 12.7. The number of unbranched alkanes of at least 4 members (excludes halogenated alkanes) is 1. The second-order valence-electron chi connectivity index (χ2n) is 3.97. The molecule has 2 rings (SSSR count). The molecular formula is C13H17N3O2. The fraction of sp³-hybridized carbons (Fsp3) is 0.385. The second-order valence-corrected chi connectivity index (χ2v) is 3.97. The number of nitrogens with one attached hydrogen (secondary N) is 1. The summed E-state index contributed by atoms with van der Waals surface area (Å²) in [6, 6.07) is 9.69. The lowest BCUT2D eigenvalue weighted by Gasteiger charge is -1.99. The average Bonchev–Trinajstić information content (AvgIpc) is 2.88. The molecule has 18 heavy (non-hydrogen) atoms. The molecule has 0 aliphatic carbocycles. The van der Waals surface area contributed by atoms with Crippen molar-refractivity contribution in [2.45, 2.75) is 19.4 Å². The highest BCUT2D eigenvalue weighted by molar-refractivity contribution is 5.51. The summed E-state index contributed by atoms with van der Waals surface area (Å²) >= 11 is 0. The van der Waals surface area contributed by atoms with Crippen LogP contribution >= 0.6 is 0 Å². The Hall–Kier alpha value is -1.72. The Labute approximate surface area is 106 Å². The van der Waals surface area contributed by atoms with E-state index in [0.29, 0.717) is 18.3 Å². The van der Waals surface area contributed by atoms with E-state index in [9.17, 15) is 0 Å². The maximum absolute atomic E-state index is 8.64. The first-order valence-corrected chi connectivity index (χ1v) is 6.09. The smallest absolute Gasteiger partial charge is 0.247 e. The Morgan fingerprint density at radius 2 is 1.94 bits per heavy atom. The highest BCUT2D eigenvalue weighted by Crippen LogP contribution is 2.16. The van der Waals surface area contributed by atoms with Crippen LogP contribution in [0, 0.1) is 0 Å². The molecule has 5 heteroatoms. The third kappa shape index (κ3) is 3.65. The van der Waals surface area contributed by atoms with Crippen molar-refractivity contribution in [2.75, 3.05) is 13.2 Å². The summed E-state index contributed by atoms with van der Waals surface area (Å²) < 4.78 is 5.54. The van der Waals surface area contributed by atoms with Crippen molar-refractivity contribution in [3.63, 3.8) is 0 Å². The van der Waals surface area contributed by atoms with Gasteiger partial charge in [-0.15, -0.1) is 10.2 Å². The number of benzene rings is 1. The van der Waals surface area contributed by atoms with Crippen molar-refractivity contribution in [1.82, 2.24) is 15.5 Å². The van der Waals surface area contributed by atoms with E-state index in [1.807, 2.05) is 30.3 Å². The monoisotopic (exact) mass is 247 g/mol. The zero-order valence-electron chi connectivity index (χ0n) is 10.2. The Morgan fingerprint density at radius 1 is 1.11 bits per heavy atom. The molecule has 0 saturated heterocycles. The number of aliphatic hydroxyl groups is 1. The van der Waals surface area contributed by atoms with Gasteiger partial charge in [0.25, 0.3) is 0 Å². The first-order chi connectivity index (χ1) is 8.90. The van der Waals surface area contributed by atoms with Crippen LogP contribution in [-0.4, -0.2) is 28.5 Å². The predicted molar refractivity (Wildman–Crippen MR) is 67.8 cm³/mol. The topological polar surface area (TPSA) is 71.2 Å². The second kappa shape index (κ2) is 6.88. The van der Waals surface area contributed by atoms with Crippen LogP contribution in [0.2, 0.25) is 0 Å². The molecule has 2 aromatic rings. The summed E-state index contributed by atoms with van der Waals surface area (Å²) in [5, 5.41) is 19.8. The van der Waals surface area contributed by atoms with Gasteiger partial charge in [-0.05, 0) is 31.5 Å². The molecule has 0 unspecified atom stereocenters. The largest absolute Gasteiger partial charge is 0.419 e. The van der Waals surface area contributed by atoms with Crippen LogP contribution in [-0.2, 0) is 6.54 Å². The first-order valence-electron chi connectivity index (χ1n) is 6.09. The SMILES string of the molecule is OCCCCNCc1nnc(-c2ccccc2)o1. The van der Waals surface area contributed by atoms with Gasteiger partial charge in [-0.25, -0.2) is 0 Å². The maximum Gasteiger partial charge on any atom is 0.247 e. The van der Waals surface area contributed by atoms with Crippen LogP contribution in [0.25, 0.3) is 11.5 Å². The van der Waals surface area contributed by atoms with Crippen molar-refractivity contribution in [2.24, 2.45) is 0 Å². The summed E-state index contributed by atoms with van der Waals surface area (Å²) in [5.74, 6) is 1.13. The molecule has 1 heterocycles. The average molecular weight is 247 g/mol. The molecule has 0 radical (unpaired) electrons. The number of aromatic nitrogens is 2. The van der Waals surface area contributed by atoms with Gasteiger partial charge < -0.3 is 14.8 Å². The van der Waals surface area contributed by atoms with Crippen LogP contribution in [0.3, 0.4) is 0 Å². The molecule has 0 fully saturated rings. The standard InChI is InChI=1S/C13H17N3O2/c17-9-5-4-8-14-10-12-15-16-13(18-12)11-6-2-1-3-7-11/h1-3,6-7,14,17H,4-5,8-10H2. The maximum atomic E-state index is 8.64. The zero-order chi connectivity index (χ0) is 12.6. The number of nitrogens with zero attached hydrogens (tertiary/aromatic N) is 2. The molecule has 0 atom stereocenters. The van der Waals surface area contributed by atoms with Gasteiger partial charge in [0, 0.05) is 12.2 Å². The van der Waals surface area contributed by atoms with E-state index in [0.717, 1.165) is 24.9 Å². The molecule has 0 amide bonds. The summed E-state index contributed by atoms with van der Waals surface area (Å²) in [7, 11) is 0. The van der Waals surface area contributed by atoms with E-state index in [4.69, 9.17) is 9.52 Å². The van der Waals surface area contributed by atoms with Crippen molar-refractivity contribution in [3.8, 4) is 11.5 Å². The Bertz CT molecular complexity index is 456. The fourth-order valence-electron chi connectivity index (χ4n) is 1.58. The molecule has 0 saturated carbocycles. The van der Waals surface area contributed by atoms with Crippen molar-refractivity contribution in [3.05, 3.63) is 36.2 Å². The number of hydrogen-bond acceptors (Lipinski definition) is 5. The summed E-state index contributed by atoms with van der Waals surface area (Å²) in [5.41, 5.74) is 0.927. The minimum absolute atomic E-state index is 0.237. The van der Waals surface area contributed by atoms with Crippen LogP contribution in [0.1, 0.15) is 18.7 Å². The van der Waals surface area contributed by atoms with Gasteiger partial charge in [0.05, 0.1) is 6.54 Å². The van der Waals surface area contributed by atoms with E-state index in [2.05, 4.69) is 15.5 Å². The zero-order valence-corrected chi connectivity index (χ0v) is 10.2.